The quantitative estimate of drug-likeness (QED) is 0.811. The van der Waals surface area contributed by atoms with Crippen molar-refractivity contribution in [3.05, 3.63) is 28.8 Å². The largest absolute Gasteiger partial charge is 0.395 e. The lowest BCUT2D eigenvalue weighted by Gasteiger charge is -2.06. The SMILES string of the molecule is CCC(=O)Nc1ccc(Cl)cc1C#CCCO. The first-order valence-electron chi connectivity index (χ1n) is 5.36. The molecule has 0 saturated carbocycles. The van der Waals surface area contributed by atoms with Crippen LogP contribution in [0.15, 0.2) is 18.2 Å². The lowest BCUT2D eigenvalue weighted by Crippen LogP contribution is -2.10. The summed E-state index contributed by atoms with van der Waals surface area (Å²) in [6.45, 7) is 1.80. The van der Waals surface area contributed by atoms with Crippen LogP contribution in [0, 0.1) is 11.8 Å². The van der Waals surface area contributed by atoms with E-state index in [2.05, 4.69) is 17.2 Å². The van der Waals surface area contributed by atoms with Gasteiger partial charge in [0.15, 0.2) is 0 Å². The first-order valence-corrected chi connectivity index (χ1v) is 5.74. The van der Waals surface area contributed by atoms with E-state index in [1.807, 2.05) is 0 Å². The number of hydrogen-bond donors (Lipinski definition) is 2. The number of aliphatic hydroxyl groups excluding tert-OH is 1. The Kier molecular flexibility index (Phi) is 5.55. The fourth-order valence-corrected chi connectivity index (χ4v) is 1.35. The zero-order chi connectivity index (χ0) is 12.7. The third kappa shape index (κ3) is 4.48. The Labute approximate surface area is 106 Å². The number of hydrogen-bond acceptors (Lipinski definition) is 2. The molecule has 2 N–H and O–H groups in total. The van der Waals surface area contributed by atoms with Crippen molar-refractivity contribution in [1.82, 2.24) is 0 Å². The molecule has 1 amide bonds. The molecule has 17 heavy (non-hydrogen) atoms. The van der Waals surface area contributed by atoms with E-state index >= 15 is 0 Å². The van der Waals surface area contributed by atoms with Gasteiger partial charge in [-0.25, -0.2) is 0 Å². The van der Waals surface area contributed by atoms with E-state index in [1.165, 1.54) is 0 Å². The monoisotopic (exact) mass is 251 g/mol. The number of carbonyl (C=O) groups is 1. The fourth-order valence-electron chi connectivity index (χ4n) is 1.18. The molecule has 90 valence electrons. The summed E-state index contributed by atoms with van der Waals surface area (Å²) in [5, 5.41) is 12.0. The highest BCUT2D eigenvalue weighted by Gasteiger charge is 2.04. The van der Waals surface area contributed by atoms with Crippen LogP contribution in [-0.4, -0.2) is 17.6 Å². The summed E-state index contributed by atoms with van der Waals surface area (Å²) in [5.41, 5.74) is 1.31. The van der Waals surface area contributed by atoms with Crippen LogP contribution in [0.3, 0.4) is 0 Å². The number of halogens is 1. The second-order valence-electron chi connectivity index (χ2n) is 3.37. The van der Waals surface area contributed by atoms with Gasteiger partial charge >= 0.3 is 0 Å². The molecule has 0 fully saturated rings. The first-order chi connectivity index (χ1) is 8.17. The van der Waals surface area contributed by atoms with Crippen LogP contribution in [0.1, 0.15) is 25.3 Å². The van der Waals surface area contributed by atoms with Gasteiger partial charge in [-0.05, 0) is 18.2 Å². The molecule has 0 atom stereocenters. The van der Waals surface area contributed by atoms with Gasteiger partial charge in [-0.3, -0.25) is 4.79 Å². The molecular weight excluding hydrogens is 238 g/mol. The van der Waals surface area contributed by atoms with Crippen molar-refractivity contribution in [3.63, 3.8) is 0 Å². The van der Waals surface area contributed by atoms with Crippen molar-refractivity contribution < 1.29 is 9.90 Å². The highest BCUT2D eigenvalue weighted by atomic mass is 35.5. The third-order valence-corrected chi connectivity index (χ3v) is 2.27. The smallest absolute Gasteiger partial charge is 0.224 e. The summed E-state index contributed by atoms with van der Waals surface area (Å²) in [7, 11) is 0. The zero-order valence-corrected chi connectivity index (χ0v) is 10.3. The van der Waals surface area contributed by atoms with Crippen LogP contribution < -0.4 is 5.32 Å². The van der Waals surface area contributed by atoms with Crippen LogP contribution in [0.4, 0.5) is 5.69 Å². The van der Waals surface area contributed by atoms with Gasteiger partial charge in [0.1, 0.15) is 0 Å². The molecule has 0 aliphatic heterocycles. The van der Waals surface area contributed by atoms with Crippen LogP contribution in [0.5, 0.6) is 0 Å². The molecule has 1 rings (SSSR count). The predicted molar refractivity (Wildman–Crippen MR) is 69.0 cm³/mol. The highest BCUT2D eigenvalue weighted by molar-refractivity contribution is 6.30. The van der Waals surface area contributed by atoms with Crippen LogP contribution >= 0.6 is 11.6 Å². The summed E-state index contributed by atoms with van der Waals surface area (Å²) >= 11 is 5.87. The van der Waals surface area contributed by atoms with E-state index in [-0.39, 0.29) is 12.5 Å². The van der Waals surface area contributed by atoms with Crippen molar-refractivity contribution in [3.8, 4) is 11.8 Å². The van der Waals surface area contributed by atoms with Crippen LogP contribution in [0.2, 0.25) is 5.02 Å². The number of anilines is 1. The lowest BCUT2D eigenvalue weighted by molar-refractivity contribution is -0.115. The molecule has 0 radical (unpaired) electrons. The second kappa shape index (κ2) is 6.95. The van der Waals surface area contributed by atoms with Crippen molar-refractivity contribution in [1.29, 1.82) is 0 Å². The minimum atomic E-state index is -0.0717. The predicted octanol–water partition coefficient (Wildman–Crippen LogP) is 2.42. The lowest BCUT2D eigenvalue weighted by atomic mass is 10.1. The molecule has 0 aliphatic rings. The average molecular weight is 252 g/mol. The van der Waals surface area contributed by atoms with Gasteiger partial charge in [0, 0.05) is 23.4 Å². The maximum absolute atomic E-state index is 11.3. The van der Waals surface area contributed by atoms with Gasteiger partial charge in [-0.1, -0.05) is 30.4 Å². The first kappa shape index (κ1) is 13.6. The zero-order valence-electron chi connectivity index (χ0n) is 9.59. The Hall–Kier alpha value is -1.50. The van der Waals surface area contributed by atoms with Crippen LogP contribution in [0.25, 0.3) is 0 Å². The molecule has 4 heteroatoms. The van der Waals surface area contributed by atoms with E-state index in [9.17, 15) is 4.79 Å². The summed E-state index contributed by atoms with van der Waals surface area (Å²) in [6, 6.07) is 5.11. The minimum absolute atomic E-state index is 0.0181. The number of carbonyl (C=O) groups excluding carboxylic acids is 1. The normalized spacial score (nSPS) is 9.35. The third-order valence-electron chi connectivity index (χ3n) is 2.04. The number of nitrogens with one attached hydrogen (secondary N) is 1. The van der Waals surface area contributed by atoms with Gasteiger partial charge in [0.2, 0.25) is 5.91 Å². The number of benzene rings is 1. The summed E-state index contributed by atoms with van der Waals surface area (Å²) in [6.07, 6.45) is 0.805. The maximum atomic E-state index is 11.3. The van der Waals surface area contributed by atoms with Gasteiger partial charge < -0.3 is 10.4 Å². The Morgan fingerprint density at radius 3 is 2.94 bits per heavy atom. The average Bonchev–Trinajstić information content (AvgIpc) is 2.32. The van der Waals surface area contributed by atoms with E-state index in [1.54, 1.807) is 25.1 Å². The fraction of sp³-hybridized carbons (Fsp3) is 0.308. The summed E-state index contributed by atoms with van der Waals surface area (Å²) in [5.74, 6) is 5.60. The second-order valence-corrected chi connectivity index (χ2v) is 3.80. The maximum Gasteiger partial charge on any atom is 0.224 e. The standard InChI is InChI=1S/C13H14ClNO2/c1-2-13(17)15-12-7-6-11(14)9-10(12)5-3-4-8-16/h6-7,9,16H,2,4,8H2,1H3,(H,15,17). The molecule has 3 nitrogen and oxygen atoms in total. The Balaban J connectivity index is 2.96. The molecule has 0 aromatic heterocycles. The molecule has 1 aromatic rings. The topological polar surface area (TPSA) is 49.3 Å². The van der Waals surface area contributed by atoms with Crippen molar-refractivity contribution in [2.75, 3.05) is 11.9 Å². The minimum Gasteiger partial charge on any atom is -0.395 e. The van der Waals surface area contributed by atoms with E-state index in [4.69, 9.17) is 16.7 Å². The van der Waals surface area contributed by atoms with Gasteiger partial charge in [-0.2, -0.15) is 0 Å². The van der Waals surface area contributed by atoms with Gasteiger partial charge in [0.05, 0.1) is 12.3 Å². The van der Waals surface area contributed by atoms with E-state index in [0.717, 1.165) is 0 Å². The molecule has 0 unspecified atom stereocenters. The molecule has 0 spiro atoms. The highest BCUT2D eigenvalue weighted by Crippen LogP contribution is 2.20. The molecule has 0 saturated heterocycles. The van der Waals surface area contributed by atoms with E-state index < -0.39 is 0 Å². The Morgan fingerprint density at radius 1 is 1.53 bits per heavy atom. The van der Waals surface area contributed by atoms with Crippen LogP contribution in [-0.2, 0) is 4.79 Å². The Morgan fingerprint density at radius 2 is 2.29 bits per heavy atom. The summed E-state index contributed by atoms with van der Waals surface area (Å²) < 4.78 is 0. The molecule has 0 heterocycles. The molecular formula is C13H14ClNO2. The molecule has 0 aliphatic carbocycles. The summed E-state index contributed by atoms with van der Waals surface area (Å²) in [4.78, 5) is 11.3. The molecule has 0 bridgehead atoms. The van der Waals surface area contributed by atoms with Gasteiger partial charge in [-0.15, -0.1) is 0 Å². The number of rotatable bonds is 3. The van der Waals surface area contributed by atoms with Crippen molar-refractivity contribution in [2.45, 2.75) is 19.8 Å². The number of amides is 1. The Bertz CT molecular complexity index is 460. The van der Waals surface area contributed by atoms with Crippen molar-refractivity contribution >= 4 is 23.2 Å². The molecule has 1 aromatic carbocycles. The van der Waals surface area contributed by atoms with Gasteiger partial charge in [0.25, 0.3) is 0 Å². The van der Waals surface area contributed by atoms with E-state index in [0.29, 0.717) is 29.1 Å². The number of aliphatic hydroxyl groups is 1. The van der Waals surface area contributed by atoms with Crippen molar-refractivity contribution in [2.24, 2.45) is 0 Å².